The highest BCUT2D eigenvalue weighted by atomic mass is 32.1. The van der Waals surface area contributed by atoms with Gasteiger partial charge in [0.05, 0.1) is 23.4 Å². The molecule has 0 radical (unpaired) electrons. The van der Waals surface area contributed by atoms with Gasteiger partial charge >= 0.3 is 0 Å². The van der Waals surface area contributed by atoms with Gasteiger partial charge in [-0.2, -0.15) is 0 Å². The number of amides is 1. The van der Waals surface area contributed by atoms with E-state index in [-0.39, 0.29) is 11.3 Å². The molecule has 1 aliphatic rings. The van der Waals surface area contributed by atoms with Gasteiger partial charge in [0.25, 0.3) is 5.91 Å². The molecular formula is C18H24N2O2S. The van der Waals surface area contributed by atoms with Crippen molar-refractivity contribution < 1.29 is 9.21 Å². The predicted molar refractivity (Wildman–Crippen MR) is 93.6 cm³/mol. The van der Waals surface area contributed by atoms with Crippen LogP contribution in [0.4, 0.5) is 5.00 Å². The summed E-state index contributed by atoms with van der Waals surface area (Å²) in [6, 6.07) is 3.66. The van der Waals surface area contributed by atoms with Crippen molar-refractivity contribution >= 4 is 22.2 Å². The second kappa shape index (κ2) is 6.04. The van der Waals surface area contributed by atoms with Gasteiger partial charge in [-0.05, 0) is 48.3 Å². The van der Waals surface area contributed by atoms with E-state index in [0.717, 1.165) is 30.6 Å². The van der Waals surface area contributed by atoms with Crippen LogP contribution >= 0.6 is 11.3 Å². The molecule has 0 saturated carbocycles. The number of carbonyl (C=O) groups excluding carboxylic acids is 1. The molecule has 1 atom stereocenters. The van der Waals surface area contributed by atoms with Crippen LogP contribution in [0.1, 0.15) is 53.8 Å². The van der Waals surface area contributed by atoms with E-state index >= 15 is 0 Å². The fraction of sp³-hybridized carbons (Fsp3) is 0.500. The van der Waals surface area contributed by atoms with Crippen molar-refractivity contribution in [3.05, 3.63) is 40.2 Å². The van der Waals surface area contributed by atoms with E-state index in [1.165, 1.54) is 4.88 Å². The SMILES string of the molecule is CC(C)(C)[C@@H]1CCc2c(sc(N)c2C(=O)NCc2ccco2)C1. The van der Waals surface area contributed by atoms with Gasteiger partial charge in [-0.1, -0.05) is 20.8 Å². The van der Waals surface area contributed by atoms with E-state index < -0.39 is 0 Å². The number of rotatable bonds is 3. The second-order valence-electron chi connectivity index (χ2n) is 7.31. The molecule has 0 unspecified atom stereocenters. The van der Waals surface area contributed by atoms with Gasteiger partial charge in [0, 0.05) is 4.88 Å². The van der Waals surface area contributed by atoms with Gasteiger partial charge < -0.3 is 15.5 Å². The molecule has 5 heteroatoms. The largest absolute Gasteiger partial charge is 0.467 e. The summed E-state index contributed by atoms with van der Waals surface area (Å²) in [6.07, 6.45) is 4.69. The highest BCUT2D eigenvalue weighted by Gasteiger charge is 2.33. The van der Waals surface area contributed by atoms with Crippen LogP contribution in [-0.4, -0.2) is 5.91 Å². The third-order valence-corrected chi connectivity index (χ3v) is 5.83. The average molecular weight is 332 g/mol. The molecule has 3 rings (SSSR count). The zero-order valence-corrected chi connectivity index (χ0v) is 14.8. The van der Waals surface area contributed by atoms with Crippen molar-refractivity contribution in [3.63, 3.8) is 0 Å². The fourth-order valence-electron chi connectivity index (χ4n) is 3.26. The van der Waals surface area contributed by atoms with Crippen LogP contribution in [0.5, 0.6) is 0 Å². The average Bonchev–Trinajstić information content (AvgIpc) is 3.09. The van der Waals surface area contributed by atoms with Crippen molar-refractivity contribution in [2.24, 2.45) is 11.3 Å². The summed E-state index contributed by atoms with van der Waals surface area (Å²) in [5, 5.41) is 3.55. The lowest BCUT2D eigenvalue weighted by molar-refractivity contribution is 0.0947. The van der Waals surface area contributed by atoms with Gasteiger partial charge in [-0.15, -0.1) is 11.3 Å². The van der Waals surface area contributed by atoms with Crippen LogP contribution in [0.2, 0.25) is 0 Å². The summed E-state index contributed by atoms with van der Waals surface area (Å²) in [5.74, 6) is 1.30. The van der Waals surface area contributed by atoms with Gasteiger partial charge in [-0.3, -0.25) is 4.79 Å². The van der Waals surface area contributed by atoms with Crippen molar-refractivity contribution in [3.8, 4) is 0 Å². The van der Waals surface area contributed by atoms with Gasteiger partial charge in [0.15, 0.2) is 0 Å². The van der Waals surface area contributed by atoms with Crippen molar-refractivity contribution in [1.29, 1.82) is 0 Å². The molecule has 2 heterocycles. The molecule has 1 aliphatic carbocycles. The van der Waals surface area contributed by atoms with E-state index in [2.05, 4.69) is 26.1 Å². The monoisotopic (exact) mass is 332 g/mol. The summed E-state index contributed by atoms with van der Waals surface area (Å²) in [5.41, 5.74) is 8.29. The van der Waals surface area contributed by atoms with E-state index in [4.69, 9.17) is 10.2 Å². The van der Waals surface area contributed by atoms with Gasteiger partial charge in [0.1, 0.15) is 5.76 Å². The Hall–Kier alpha value is -1.75. The van der Waals surface area contributed by atoms with Gasteiger partial charge in [-0.25, -0.2) is 0 Å². The quantitative estimate of drug-likeness (QED) is 0.892. The topological polar surface area (TPSA) is 68.3 Å². The highest BCUT2D eigenvalue weighted by Crippen LogP contribution is 2.43. The zero-order chi connectivity index (χ0) is 16.6. The molecular weight excluding hydrogens is 308 g/mol. The first-order valence-electron chi connectivity index (χ1n) is 8.07. The molecule has 2 aromatic rings. The Bertz CT molecular complexity index is 695. The minimum atomic E-state index is -0.0920. The predicted octanol–water partition coefficient (Wildman–Crippen LogP) is 4.00. The molecule has 4 nitrogen and oxygen atoms in total. The van der Waals surface area contributed by atoms with Crippen LogP contribution in [0.25, 0.3) is 0 Å². The fourth-order valence-corrected chi connectivity index (χ4v) is 4.46. The number of furan rings is 1. The number of nitrogen functional groups attached to an aromatic ring is 1. The number of hydrogen-bond acceptors (Lipinski definition) is 4. The number of nitrogens with one attached hydrogen (secondary N) is 1. The minimum absolute atomic E-state index is 0.0920. The Labute approximate surface area is 141 Å². The first-order valence-corrected chi connectivity index (χ1v) is 8.88. The van der Waals surface area contributed by atoms with Crippen molar-refractivity contribution in [2.75, 3.05) is 5.73 Å². The lowest BCUT2D eigenvalue weighted by Gasteiger charge is -2.33. The smallest absolute Gasteiger partial charge is 0.254 e. The summed E-state index contributed by atoms with van der Waals surface area (Å²) in [4.78, 5) is 13.8. The molecule has 0 fully saturated rings. The molecule has 124 valence electrons. The van der Waals surface area contributed by atoms with Crippen LogP contribution in [-0.2, 0) is 19.4 Å². The van der Waals surface area contributed by atoms with Crippen molar-refractivity contribution in [1.82, 2.24) is 5.32 Å². The molecule has 0 aliphatic heterocycles. The number of anilines is 1. The van der Waals surface area contributed by atoms with Crippen molar-refractivity contribution in [2.45, 2.75) is 46.6 Å². The Kier molecular flexibility index (Phi) is 4.23. The first kappa shape index (κ1) is 16.1. The number of fused-ring (bicyclic) bond motifs is 1. The standard InChI is InChI=1S/C18H24N2O2S/c1-18(2,3)11-6-7-13-14(9-11)23-16(19)15(13)17(21)20-10-12-5-4-8-22-12/h4-5,8,11H,6-7,9-10,19H2,1-3H3,(H,20,21)/t11-/m1/s1. The number of nitrogens with two attached hydrogens (primary N) is 1. The van der Waals surface area contributed by atoms with E-state index in [1.54, 1.807) is 17.6 Å². The van der Waals surface area contributed by atoms with Crippen LogP contribution < -0.4 is 11.1 Å². The van der Waals surface area contributed by atoms with E-state index in [9.17, 15) is 4.79 Å². The maximum atomic E-state index is 12.5. The summed E-state index contributed by atoms with van der Waals surface area (Å²) >= 11 is 1.58. The number of thiophene rings is 1. The Balaban J connectivity index is 1.77. The number of carbonyl (C=O) groups is 1. The van der Waals surface area contributed by atoms with Gasteiger partial charge in [0.2, 0.25) is 0 Å². The molecule has 23 heavy (non-hydrogen) atoms. The zero-order valence-electron chi connectivity index (χ0n) is 13.9. The third kappa shape index (κ3) is 3.29. The molecule has 3 N–H and O–H groups in total. The Morgan fingerprint density at radius 2 is 2.26 bits per heavy atom. The highest BCUT2D eigenvalue weighted by molar-refractivity contribution is 7.16. The lowest BCUT2D eigenvalue weighted by atomic mass is 9.72. The molecule has 0 aromatic carbocycles. The van der Waals surface area contributed by atoms with Crippen LogP contribution in [0, 0.1) is 11.3 Å². The summed E-state index contributed by atoms with van der Waals surface area (Å²) < 4.78 is 5.25. The minimum Gasteiger partial charge on any atom is -0.467 e. The molecule has 2 aromatic heterocycles. The van der Waals surface area contributed by atoms with E-state index in [0.29, 0.717) is 23.0 Å². The molecule has 0 spiro atoms. The maximum absolute atomic E-state index is 12.5. The summed E-state index contributed by atoms with van der Waals surface area (Å²) in [6.45, 7) is 7.25. The molecule has 1 amide bonds. The van der Waals surface area contributed by atoms with E-state index in [1.807, 2.05) is 12.1 Å². The Morgan fingerprint density at radius 3 is 2.91 bits per heavy atom. The van der Waals surface area contributed by atoms with Crippen LogP contribution in [0.3, 0.4) is 0 Å². The third-order valence-electron chi connectivity index (χ3n) is 4.75. The lowest BCUT2D eigenvalue weighted by Crippen LogP contribution is -2.28. The molecule has 0 bridgehead atoms. The first-order chi connectivity index (χ1) is 10.9. The maximum Gasteiger partial charge on any atom is 0.254 e. The summed E-state index contributed by atoms with van der Waals surface area (Å²) in [7, 11) is 0. The molecule has 0 saturated heterocycles. The van der Waals surface area contributed by atoms with Crippen LogP contribution in [0.15, 0.2) is 22.8 Å². The normalized spacial score (nSPS) is 17.8. The second-order valence-corrected chi connectivity index (χ2v) is 8.45. The number of hydrogen-bond donors (Lipinski definition) is 2. The Morgan fingerprint density at radius 1 is 1.48 bits per heavy atom.